The third-order valence-corrected chi connectivity index (χ3v) is 4.22. The van der Waals surface area contributed by atoms with Gasteiger partial charge in [-0.2, -0.15) is 13.2 Å². The van der Waals surface area contributed by atoms with Crippen molar-refractivity contribution < 1.29 is 17.9 Å². The molecule has 1 saturated heterocycles. The van der Waals surface area contributed by atoms with Crippen molar-refractivity contribution in [2.45, 2.75) is 25.9 Å². The fraction of sp³-hybridized carbons (Fsp3) is 0.444. The van der Waals surface area contributed by atoms with Crippen LogP contribution in [0.4, 0.5) is 19.0 Å². The van der Waals surface area contributed by atoms with Crippen molar-refractivity contribution in [1.29, 1.82) is 0 Å². The fourth-order valence-corrected chi connectivity index (χ4v) is 2.99. The highest BCUT2D eigenvalue weighted by Crippen LogP contribution is 2.30. The molecule has 134 valence electrons. The van der Waals surface area contributed by atoms with Gasteiger partial charge in [-0.15, -0.1) is 0 Å². The zero-order valence-corrected chi connectivity index (χ0v) is 14.0. The molecule has 0 bridgehead atoms. The van der Waals surface area contributed by atoms with Crippen molar-refractivity contribution in [2.24, 2.45) is 5.92 Å². The van der Waals surface area contributed by atoms with Gasteiger partial charge in [-0.3, -0.25) is 4.98 Å². The molecule has 0 amide bonds. The zero-order valence-electron chi connectivity index (χ0n) is 14.0. The van der Waals surface area contributed by atoms with Crippen molar-refractivity contribution in [3.8, 4) is 5.75 Å². The van der Waals surface area contributed by atoms with Crippen LogP contribution in [0.1, 0.15) is 24.2 Å². The van der Waals surface area contributed by atoms with E-state index in [4.69, 9.17) is 4.74 Å². The highest BCUT2D eigenvalue weighted by molar-refractivity contribution is 5.40. The quantitative estimate of drug-likeness (QED) is 0.831. The molecule has 1 aliphatic rings. The summed E-state index contributed by atoms with van der Waals surface area (Å²) >= 11 is 0. The van der Waals surface area contributed by atoms with Gasteiger partial charge in [0.15, 0.2) is 0 Å². The van der Waals surface area contributed by atoms with Gasteiger partial charge in [0.05, 0.1) is 6.61 Å². The standard InChI is InChI=1S/C18H20F3N3O/c1-13-10-15(7-8-22-13)25-12-14-4-3-9-24(11-14)17-6-2-5-16(23-17)18(19,20)21/h2,5-8,10,14H,3-4,9,11-12H2,1H3. The SMILES string of the molecule is Cc1cc(OCC2CCCN(c3cccc(C(F)(F)F)n3)C2)ccn1. The summed E-state index contributed by atoms with van der Waals surface area (Å²) < 4.78 is 44.4. The van der Waals surface area contributed by atoms with Gasteiger partial charge in [-0.1, -0.05) is 6.07 Å². The molecule has 2 aromatic heterocycles. The smallest absolute Gasteiger partial charge is 0.433 e. The molecule has 1 fully saturated rings. The molecule has 1 atom stereocenters. The molecular weight excluding hydrogens is 331 g/mol. The Balaban J connectivity index is 1.63. The van der Waals surface area contributed by atoms with Crippen LogP contribution < -0.4 is 9.64 Å². The number of piperidine rings is 1. The lowest BCUT2D eigenvalue weighted by Gasteiger charge is -2.33. The summed E-state index contributed by atoms with van der Waals surface area (Å²) in [6.45, 7) is 3.77. The maximum Gasteiger partial charge on any atom is 0.433 e. The first-order valence-electron chi connectivity index (χ1n) is 8.26. The van der Waals surface area contributed by atoms with E-state index in [1.165, 1.54) is 6.07 Å². The fourth-order valence-electron chi connectivity index (χ4n) is 2.99. The third-order valence-electron chi connectivity index (χ3n) is 4.22. The summed E-state index contributed by atoms with van der Waals surface area (Å²) in [5, 5.41) is 0. The second-order valence-electron chi connectivity index (χ2n) is 6.28. The number of anilines is 1. The van der Waals surface area contributed by atoms with Gasteiger partial charge in [0.25, 0.3) is 0 Å². The van der Waals surface area contributed by atoms with E-state index >= 15 is 0 Å². The predicted molar refractivity (Wildman–Crippen MR) is 88.6 cm³/mol. The van der Waals surface area contributed by atoms with Crippen LogP contribution in [0.15, 0.2) is 36.5 Å². The first-order valence-corrected chi connectivity index (χ1v) is 8.26. The van der Waals surface area contributed by atoms with E-state index < -0.39 is 11.9 Å². The second-order valence-corrected chi connectivity index (χ2v) is 6.28. The number of halogens is 3. The van der Waals surface area contributed by atoms with Crippen LogP contribution >= 0.6 is 0 Å². The van der Waals surface area contributed by atoms with Crippen LogP contribution in [0.2, 0.25) is 0 Å². The topological polar surface area (TPSA) is 38.2 Å². The van der Waals surface area contributed by atoms with Crippen LogP contribution in [0.5, 0.6) is 5.75 Å². The number of aryl methyl sites for hydroxylation is 1. The maximum atomic E-state index is 12.8. The lowest BCUT2D eigenvalue weighted by molar-refractivity contribution is -0.141. The Hall–Kier alpha value is -2.31. The van der Waals surface area contributed by atoms with Gasteiger partial charge in [0, 0.05) is 37.0 Å². The summed E-state index contributed by atoms with van der Waals surface area (Å²) in [6, 6.07) is 7.71. The van der Waals surface area contributed by atoms with Gasteiger partial charge >= 0.3 is 6.18 Å². The van der Waals surface area contributed by atoms with Crippen LogP contribution in [0, 0.1) is 12.8 Å². The monoisotopic (exact) mass is 351 g/mol. The first-order chi connectivity index (χ1) is 11.9. The second kappa shape index (κ2) is 7.29. The highest BCUT2D eigenvalue weighted by atomic mass is 19.4. The van der Waals surface area contributed by atoms with Crippen LogP contribution in [0.25, 0.3) is 0 Å². The Bertz CT molecular complexity index is 721. The van der Waals surface area contributed by atoms with E-state index in [0.717, 1.165) is 30.4 Å². The minimum absolute atomic E-state index is 0.249. The lowest BCUT2D eigenvalue weighted by atomic mass is 9.99. The van der Waals surface area contributed by atoms with Crippen molar-refractivity contribution in [3.63, 3.8) is 0 Å². The molecule has 0 aliphatic carbocycles. The number of alkyl halides is 3. The van der Waals surface area contributed by atoms with Gasteiger partial charge in [-0.05, 0) is 38.0 Å². The number of pyridine rings is 2. The van der Waals surface area contributed by atoms with E-state index in [2.05, 4.69) is 9.97 Å². The average molecular weight is 351 g/mol. The molecule has 3 heterocycles. The number of hydrogen-bond acceptors (Lipinski definition) is 4. The number of hydrogen-bond donors (Lipinski definition) is 0. The number of ether oxygens (including phenoxy) is 1. The molecule has 7 heteroatoms. The van der Waals surface area contributed by atoms with Gasteiger partial charge in [-0.25, -0.2) is 4.98 Å². The molecule has 0 radical (unpaired) electrons. The molecule has 4 nitrogen and oxygen atoms in total. The molecule has 0 spiro atoms. The number of rotatable bonds is 4. The van der Waals surface area contributed by atoms with Crippen molar-refractivity contribution in [1.82, 2.24) is 9.97 Å². The van der Waals surface area contributed by atoms with Crippen LogP contribution in [0.3, 0.4) is 0 Å². The predicted octanol–water partition coefficient (Wildman–Crippen LogP) is 4.10. The summed E-state index contributed by atoms with van der Waals surface area (Å²) in [4.78, 5) is 9.82. The van der Waals surface area contributed by atoms with Gasteiger partial charge in [0.1, 0.15) is 17.3 Å². The molecular formula is C18H20F3N3O. The molecule has 3 rings (SSSR count). The zero-order chi connectivity index (χ0) is 17.9. The molecule has 25 heavy (non-hydrogen) atoms. The molecule has 1 aliphatic heterocycles. The molecule has 0 saturated carbocycles. The van der Waals surface area contributed by atoms with Crippen LogP contribution in [-0.2, 0) is 6.18 Å². The molecule has 0 aromatic carbocycles. The minimum atomic E-state index is -4.42. The summed E-state index contributed by atoms with van der Waals surface area (Å²) in [7, 11) is 0. The minimum Gasteiger partial charge on any atom is -0.493 e. The van der Waals surface area contributed by atoms with Gasteiger partial charge in [0.2, 0.25) is 0 Å². The van der Waals surface area contributed by atoms with E-state index in [9.17, 15) is 13.2 Å². The lowest BCUT2D eigenvalue weighted by Crippen LogP contribution is -2.38. The molecule has 2 aromatic rings. The Morgan fingerprint density at radius 1 is 1.28 bits per heavy atom. The van der Waals surface area contributed by atoms with Crippen LogP contribution in [-0.4, -0.2) is 29.7 Å². The van der Waals surface area contributed by atoms with Gasteiger partial charge < -0.3 is 9.64 Å². The Labute approximate surface area is 144 Å². The summed E-state index contributed by atoms with van der Waals surface area (Å²) in [5.74, 6) is 1.39. The van der Waals surface area contributed by atoms with Crippen molar-refractivity contribution >= 4 is 5.82 Å². The third kappa shape index (κ3) is 4.61. The average Bonchev–Trinajstić information content (AvgIpc) is 2.60. The van der Waals surface area contributed by atoms with E-state index in [1.54, 1.807) is 12.3 Å². The first kappa shape index (κ1) is 17.5. The molecule has 0 N–H and O–H groups in total. The summed E-state index contributed by atoms with van der Waals surface area (Å²) in [5.41, 5.74) is 0.0339. The largest absolute Gasteiger partial charge is 0.493 e. The van der Waals surface area contributed by atoms with E-state index in [1.807, 2.05) is 24.0 Å². The Kier molecular flexibility index (Phi) is 5.11. The number of nitrogens with zero attached hydrogens (tertiary/aromatic N) is 3. The van der Waals surface area contributed by atoms with E-state index in [-0.39, 0.29) is 5.92 Å². The van der Waals surface area contributed by atoms with Crippen molar-refractivity contribution in [2.75, 3.05) is 24.6 Å². The van der Waals surface area contributed by atoms with Crippen molar-refractivity contribution in [3.05, 3.63) is 47.9 Å². The summed E-state index contributed by atoms with van der Waals surface area (Å²) in [6.07, 6.45) is -0.835. The maximum absolute atomic E-state index is 12.8. The number of aromatic nitrogens is 2. The molecule has 1 unspecified atom stereocenters. The Morgan fingerprint density at radius 3 is 2.88 bits per heavy atom. The highest BCUT2D eigenvalue weighted by Gasteiger charge is 2.33. The Morgan fingerprint density at radius 2 is 2.12 bits per heavy atom. The van der Waals surface area contributed by atoms with E-state index in [0.29, 0.717) is 25.5 Å². The normalized spacial score (nSPS) is 18.2.